The van der Waals surface area contributed by atoms with Crippen LogP contribution >= 0.6 is 0 Å². The molecule has 3 nitrogen and oxygen atoms in total. The second-order valence-corrected chi connectivity index (χ2v) is 10.9. The summed E-state index contributed by atoms with van der Waals surface area (Å²) in [6.07, 6.45) is 3.15. The molecule has 1 aliphatic carbocycles. The van der Waals surface area contributed by atoms with Gasteiger partial charge in [-0.1, -0.05) is 93.6 Å². The first-order chi connectivity index (χ1) is 18.3. The predicted molar refractivity (Wildman–Crippen MR) is 157 cm³/mol. The van der Waals surface area contributed by atoms with Gasteiger partial charge in [-0.15, -0.1) is 0 Å². The molecular formula is C35H36O3. The highest BCUT2D eigenvalue weighted by molar-refractivity contribution is 5.95. The Morgan fingerprint density at radius 1 is 0.684 bits per heavy atom. The van der Waals surface area contributed by atoms with Gasteiger partial charge in [0.2, 0.25) is 5.75 Å². The Morgan fingerprint density at radius 2 is 1.21 bits per heavy atom. The summed E-state index contributed by atoms with van der Waals surface area (Å²) in [5, 5.41) is 0. The minimum Gasteiger partial charge on any atom is -0.493 e. The van der Waals surface area contributed by atoms with Crippen molar-refractivity contribution >= 4 is 11.6 Å². The Labute approximate surface area is 226 Å². The second kappa shape index (κ2) is 10.4. The summed E-state index contributed by atoms with van der Waals surface area (Å²) >= 11 is 0. The fourth-order valence-electron chi connectivity index (χ4n) is 5.52. The molecule has 38 heavy (non-hydrogen) atoms. The lowest BCUT2D eigenvalue weighted by Gasteiger charge is -2.31. The molecule has 5 rings (SSSR count). The Morgan fingerprint density at radius 3 is 1.68 bits per heavy atom. The average molecular weight is 505 g/mol. The van der Waals surface area contributed by atoms with Gasteiger partial charge >= 0.3 is 0 Å². The fraction of sp³-hybridized carbons (Fsp3) is 0.257. The Balaban J connectivity index is 1.61. The quantitative estimate of drug-likeness (QED) is 0.264. The zero-order chi connectivity index (χ0) is 26.9. The maximum Gasteiger partial charge on any atom is 0.203 e. The van der Waals surface area contributed by atoms with Crippen LogP contribution in [0.2, 0.25) is 0 Å². The number of hydrogen-bond acceptors (Lipinski definition) is 3. The molecule has 0 fully saturated rings. The number of methoxy groups -OCH3 is 3. The van der Waals surface area contributed by atoms with Crippen LogP contribution in [0.3, 0.4) is 0 Å². The number of ether oxygens (including phenoxy) is 3. The van der Waals surface area contributed by atoms with Crippen LogP contribution in [0.15, 0.2) is 84.9 Å². The third-order valence-electron chi connectivity index (χ3n) is 7.50. The van der Waals surface area contributed by atoms with Crippen LogP contribution in [0.25, 0.3) is 11.6 Å². The van der Waals surface area contributed by atoms with Crippen LogP contribution in [-0.4, -0.2) is 21.3 Å². The molecule has 4 aromatic rings. The van der Waals surface area contributed by atoms with E-state index in [1.54, 1.807) is 21.3 Å². The zero-order valence-corrected chi connectivity index (χ0v) is 23.2. The van der Waals surface area contributed by atoms with E-state index >= 15 is 0 Å². The molecule has 0 radical (unpaired) electrons. The SMILES string of the molecule is COc1cc(CC2c3ccccc3C(=Cc3ccc(C(C)(C)C)cc3)c3ccccc32)cc(OC)c1OC. The molecule has 1 aliphatic rings. The lowest BCUT2D eigenvalue weighted by Crippen LogP contribution is -2.15. The molecule has 194 valence electrons. The molecule has 4 aromatic carbocycles. The van der Waals surface area contributed by atoms with Gasteiger partial charge in [0.25, 0.3) is 0 Å². The molecule has 3 heteroatoms. The summed E-state index contributed by atoms with van der Waals surface area (Å²) in [5.41, 5.74) is 10.3. The Bertz CT molecular complexity index is 1400. The number of hydrogen-bond donors (Lipinski definition) is 0. The van der Waals surface area contributed by atoms with Gasteiger partial charge in [-0.2, -0.15) is 0 Å². The Hall–Kier alpha value is -3.98. The molecule has 0 amide bonds. The molecule has 0 aliphatic heterocycles. The predicted octanol–water partition coefficient (Wildman–Crippen LogP) is 8.29. The normalized spacial score (nSPS) is 14.4. The Kier molecular flexibility index (Phi) is 7.03. The molecule has 0 spiro atoms. The molecule has 0 saturated carbocycles. The van der Waals surface area contributed by atoms with E-state index < -0.39 is 0 Å². The summed E-state index contributed by atoms with van der Waals surface area (Å²) in [4.78, 5) is 0. The molecule has 0 aromatic heterocycles. The molecule has 0 unspecified atom stereocenters. The van der Waals surface area contributed by atoms with E-state index in [0.717, 1.165) is 12.0 Å². The molecule has 0 saturated heterocycles. The molecule has 0 bridgehead atoms. The highest BCUT2D eigenvalue weighted by Crippen LogP contribution is 2.46. The van der Waals surface area contributed by atoms with Crippen molar-refractivity contribution in [1.82, 2.24) is 0 Å². The summed E-state index contributed by atoms with van der Waals surface area (Å²) in [6.45, 7) is 6.76. The molecular weight excluding hydrogens is 468 g/mol. The van der Waals surface area contributed by atoms with Crippen LogP contribution in [0, 0.1) is 0 Å². The lowest BCUT2D eigenvalue weighted by molar-refractivity contribution is 0.323. The standard InChI is InChI=1S/C35H36O3/c1-35(2,3)25-17-15-23(16-18-25)19-30-26-11-7-9-13-28(26)31(29-14-10-8-12-27(29)30)20-24-21-32(36-4)34(38-6)33(22-24)37-5/h7-19,21-22,31H,20H2,1-6H3. The van der Waals surface area contributed by atoms with Gasteiger partial charge < -0.3 is 14.2 Å². The fourth-order valence-corrected chi connectivity index (χ4v) is 5.52. The minimum absolute atomic E-state index is 0.135. The second-order valence-electron chi connectivity index (χ2n) is 10.9. The van der Waals surface area contributed by atoms with E-state index in [2.05, 4.69) is 112 Å². The van der Waals surface area contributed by atoms with Gasteiger partial charge in [0.1, 0.15) is 0 Å². The maximum atomic E-state index is 5.65. The molecule has 0 N–H and O–H groups in total. The van der Waals surface area contributed by atoms with Crippen molar-refractivity contribution in [2.75, 3.05) is 21.3 Å². The highest BCUT2D eigenvalue weighted by atomic mass is 16.5. The highest BCUT2D eigenvalue weighted by Gasteiger charge is 2.29. The van der Waals surface area contributed by atoms with Crippen LogP contribution in [-0.2, 0) is 11.8 Å². The molecule has 0 atom stereocenters. The number of benzene rings is 4. The van der Waals surface area contributed by atoms with Crippen molar-refractivity contribution in [3.05, 3.63) is 124 Å². The van der Waals surface area contributed by atoms with Gasteiger partial charge in [-0.05, 0) is 74.6 Å². The van der Waals surface area contributed by atoms with Gasteiger partial charge in [0.15, 0.2) is 11.5 Å². The summed E-state index contributed by atoms with van der Waals surface area (Å²) in [7, 11) is 4.97. The molecule has 0 heterocycles. The number of fused-ring (bicyclic) bond motifs is 2. The summed E-state index contributed by atoms with van der Waals surface area (Å²) in [6, 6.07) is 30.7. The van der Waals surface area contributed by atoms with Crippen molar-refractivity contribution in [1.29, 1.82) is 0 Å². The lowest BCUT2D eigenvalue weighted by atomic mass is 9.73. The first-order valence-electron chi connectivity index (χ1n) is 13.1. The van der Waals surface area contributed by atoms with Crippen molar-refractivity contribution in [2.45, 2.75) is 38.5 Å². The van der Waals surface area contributed by atoms with Crippen LogP contribution in [0.1, 0.15) is 65.6 Å². The van der Waals surface area contributed by atoms with Crippen LogP contribution in [0.4, 0.5) is 0 Å². The van der Waals surface area contributed by atoms with Crippen LogP contribution in [0.5, 0.6) is 17.2 Å². The smallest absolute Gasteiger partial charge is 0.203 e. The third kappa shape index (κ3) is 4.81. The monoisotopic (exact) mass is 504 g/mol. The maximum absolute atomic E-state index is 5.65. The van der Waals surface area contributed by atoms with Crippen molar-refractivity contribution < 1.29 is 14.2 Å². The van der Waals surface area contributed by atoms with E-state index in [1.807, 2.05) is 0 Å². The van der Waals surface area contributed by atoms with Gasteiger partial charge in [-0.3, -0.25) is 0 Å². The van der Waals surface area contributed by atoms with Crippen molar-refractivity contribution in [3.8, 4) is 17.2 Å². The van der Waals surface area contributed by atoms with Gasteiger partial charge in [0, 0.05) is 5.92 Å². The van der Waals surface area contributed by atoms with E-state index in [9.17, 15) is 0 Å². The average Bonchev–Trinajstić information content (AvgIpc) is 2.93. The third-order valence-corrected chi connectivity index (χ3v) is 7.50. The van der Waals surface area contributed by atoms with Gasteiger partial charge in [0.05, 0.1) is 21.3 Å². The minimum atomic E-state index is 0.135. The van der Waals surface area contributed by atoms with E-state index in [0.29, 0.717) is 17.2 Å². The largest absolute Gasteiger partial charge is 0.493 e. The van der Waals surface area contributed by atoms with E-state index in [4.69, 9.17) is 14.2 Å². The van der Waals surface area contributed by atoms with E-state index in [-0.39, 0.29) is 11.3 Å². The van der Waals surface area contributed by atoms with Gasteiger partial charge in [-0.25, -0.2) is 0 Å². The van der Waals surface area contributed by atoms with E-state index in [1.165, 1.54) is 39.0 Å². The zero-order valence-electron chi connectivity index (χ0n) is 23.2. The number of rotatable bonds is 6. The first kappa shape index (κ1) is 25.7. The first-order valence-corrected chi connectivity index (χ1v) is 13.1. The van der Waals surface area contributed by atoms with Crippen molar-refractivity contribution in [2.24, 2.45) is 0 Å². The summed E-state index contributed by atoms with van der Waals surface area (Å²) in [5.74, 6) is 2.17. The summed E-state index contributed by atoms with van der Waals surface area (Å²) < 4.78 is 16.8. The van der Waals surface area contributed by atoms with Crippen molar-refractivity contribution in [3.63, 3.8) is 0 Å². The van der Waals surface area contributed by atoms with Crippen LogP contribution < -0.4 is 14.2 Å². The topological polar surface area (TPSA) is 27.7 Å².